The van der Waals surface area contributed by atoms with Gasteiger partial charge < -0.3 is 0 Å². The number of pyridine rings is 1. The van der Waals surface area contributed by atoms with Gasteiger partial charge in [0.1, 0.15) is 0 Å². The van der Waals surface area contributed by atoms with Crippen LogP contribution in [0.15, 0.2) is 30.5 Å². The minimum atomic E-state index is -1.98. The molecule has 0 aliphatic heterocycles. The van der Waals surface area contributed by atoms with Crippen molar-refractivity contribution in [3.63, 3.8) is 0 Å². The van der Waals surface area contributed by atoms with Crippen LogP contribution in [0.5, 0.6) is 0 Å². The molecule has 0 unspecified atom stereocenters. The van der Waals surface area contributed by atoms with Crippen molar-refractivity contribution in [1.29, 1.82) is 0 Å². The van der Waals surface area contributed by atoms with Gasteiger partial charge in [-0.15, -0.1) is 0 Å². The van der Waals surface area contributed by atoms with E-state index in [2.05, 4.69) is 94.0 Å². The van der Waals surface area contributed by atoms with E-state index in [1.165, 1.54) is 35.2 Å². The molecule has 0 radical (unpaired) electrons. The fourth-order valence-electron chi connectivity index (χ4n) is 3.92. The Balaban J connectivity index is 2.74. The minimum absolute atomic E-state index is 0.559. The van der Waals surface area contributed by atoms with Crippen molar-refractivity contribution in [3.05, 3.63) is 47.2 Å². The van der Waals surface area contributed by atoms with Crippen molar-refractivity contribution in [2.24, 2.45) is 7.05 Å². The fraction of sp³-hybridized carbons (Fsp3) is 0.542. The quantitative estimate of drug-likeness (QED) is 0.401. The summed E-state index contributed by atoms with van der Waals surface area (Å²) in [7, 11) is 2.22. The van der Waals surface area contributed by atoms with Crippen LogP contribution in [-0.4, -0.2) is 13.3 Å². The molecule has 1 nitrogen and oxygen atoms in total. The third kappa shape index (κ3) is 4.42. The number of benzene rings is 1. The normalized spacial score (nSPS) is 12.3. The van der Waals surface area contributed by atoms with Gasteiger partial charge in [0.25, 0.3) is 0 Å². The second-order valence-corrected chi connectivity index (χ2v) is 19.7. The summed E-state index contributed by atoms with van der Waals surface area (Å²) in [4.78, 5) is 0. The maximum atomic E-state index is 2.54. The zero-order valence-corrected chi connectivity index (χ0v) is 20.5. The van der Waals surface area contributed by atoms with E-state index in [1.54, 1.807) is 9.96 Å². The number of aromatic nitrogens is 1. The molecule has 2 heteroatoms. The number of rotatable bonds is 6. The third-order valence-corrected chi connectivity index (χ3v) is 10.0. The molecule has 0 saturated heterocycles. The van der Waals surface area contributed by atoms with E-state index in [1.807, 2.05) is 0 Å². The van der Waals surface area contributed by atoms with Gasteiger partial charge in [0.15, 0.2) is 0 Å². The van der Waals surface area contributed by atoms with Crippen molar-refractivity contribution in [3.8, 4) is 11.3 Å². The van der Waals surface area contributed by atoms with E-state index in [0.29, 0.717) is 11.8 Å². The molecule has 0 spiro atoms. The summed E-state index contributed by atoms with van der Waals surface area (Å²) in [6.07, 6.45) is 4.90. The summed E-state index contributed by atoms with van der Waals surface area (Å²) in [6, 6.07) is 9.52. The van der Waals surface area contributed by atoms with Gasteiger partial charge in [-0.25, -0.2) is 0 Å². The van der Waals surface area contributed by atoms with Crippen molar-refractivity contribution >= 4 is 17.7 Å². The Labute approximate surface area is 164 Å². The average Bonchev–Trinajstić information content (AvgIpc) is 2.55. The second kappa shape index (κ2) is 8.29. The molecule has 0 saturated carbocycles. The monoisotopic (exact) mass is 414 g/mol. The van der Waals surface area contributed by atoms with Gasteiger partial charge in [-0.05, 0) is 0 Å². The summed E-state index contributed by atoms with van der Waals surface area (Å²) < 4.78 is 4.05. The Bertz CT molecular complexity index is 765. The molecule has 0 amide bonds. The Hall–Kier alpha value is -1.09. The van der Waals surface area contributed by atoms with Gasteiger partial charge in [-0.3, -0.25) is 0 Å². The van der Waals surface area contributed by atoms with Gasteiger partial charge in [-0.1, -0.05) is 0 Å². The molecule has 26 heavy (non-hydrogen) atoms. The van der Waals surface area contributed by atoms with Crippen LogP contribution in [0.4, 0.5) is 0 Å². The summed E-state index contributed by atoms with van der Waals surface area (Å²) in [6.45, 7) is 11.5. The van der Waals surface area contributed by atoms with E-state index in [4.69, 9.17) is 0 Å². The van der Waals surface area contributed by atoms with Crippen molar-refractivity contribution < 1.29 is 4.57 Å². The zero-order chi connectivity index (χ0) is 19.6. The molecule has 142 valence electrons. The van der Waals surface area contributed by atoms with E-state index < -0.39 is 13.3 Å². The first-order valence-electron chi connectivity index (χ1n) is 10.2. The standard InChI is InChI=1S/C24H38GeN/c1-10-19(11-2)22-16-26(9)24(15-23(22)25(6,7)8)21-14-20(17(3)4)13-12-18(21)5/h12-17,19H,10-11H2,1-9H3/q+1. The van der Waals surface area contributed by atoms with Crippen LogP contribution < -0.4 is 8.96 Å². The third-order valence-electron chi connectivity index (χ3n) is 5.74. The number of nitrogens with zero attached hydrogens (tertiary/aromatic N) is 1. The number of aryl methyl sites for hydroxylation is 2. The van der Waals surface area contributed by atoms with E-state index in [-0.39, 0.29) is 0 Å². The summed E-state index contributed by atoms with van der Waals surface area (Å²) in [5.74, 6) is 8.83. The van der Waals surface area contributed by atoms with Crippen LogP contribution in [0.2, 0.25) is 17.3 Å². The second-order valence-electron chi connectivity index (χ2n) is 9.13. The van der Waals surface area contributed by atoms with E-state index in [9.17, 15) is 0 Å². The molecule has 0 fully saturated rings. The summed E-state index contributed by atoms with van der Waals surface area (Å²) in [5.41, 5.74) is 7.16. The number of hydrogen-bond donors (Lipinski definition) is 0. The Morgan fingerprint density at radius 3 is 2.12 bits per heavy atom. The molecule has 1 aromatic carbocycles. The first-order chi connectivity index (χ1) is 12.1. The van der Waals surface area contributed by atoms with Crippen molar-refractivity contribution in [2.75, 3.05) is 0 Å². The average molecular weight is 413 g/mol. The molecule has 0 aliphatic rings. The number of hydrogen-bond acceptors (Lipinski definition) is 0. The molecule has 0 bridgehead atoms. The van der Waals surface area contributed by atoms with E-state index >= 15 is 0 Å². The molecular weight excluding hydrogens is 375 g/mol. The molecule has 0 aliphatic carbocycles. The van der Waals surface area contributed by atoms with Gasteiger partial charge in [0, 0.05) is 0 Å². The SMILES string of the molecule is CCC(CC)c1c[n+](C)c(-c2cc(C(C)C)ccc2C)c[c]1[Ge]([CH3])([CH3])[CH3]. The van der Waals surface area contributed by atoms with Crippen LogP contribution in [0.3, 0.4) is 0 Å². The molecule has 0 atom stereocenters. The van der Waals surface area contributed by atoms with Crippen molar-refractivity contribution in [1.82, 2.24) is 0 Å². The van der Waals surface area contributed by atoms with Gasteiger partial charge in [0.2, 0.25) is 0 Å². The Morgan fingerprint density at radius 1 is 1.00 bits per heavy atom. The van der Waals surface area contributed by atoms with Crippen LogP contribution in [-0.2, 0) is 7.05 Å². The molecule has 2 aromatic rings. The van der Waals surface area contributed by atoms with Crippen LogP contribution in [0, 0.1) is 6.92 Å². The van der Waals surface area contributed by atoms with Crippen LogP contribution in [0.1, 0.15) is 69.1 Å². The summed E-state index contributed by atoms with van der Waals surface area (Å²) in [5, 5.41) is 0. The molecule has 2 rings (SSSR count). The Kier molecular flexibility index (Phi) is 6.77. The fourth-order valence-corrected chi connectivity index (χ4v) is 7.49. The van der Waals surface area contributed by atoms with Crippen LogP contribution in [0.25, 0.3) is 11.3 Å². The topological polar surface area (TPSA) is 3.88 Å². The van der Waals surface area contributed by atoms with Gasteiger partial charge in [0.05, 0.1) is 0 Å². The van der Waals surface area contributed by atoms with Crippen molar-refractivity contribution in [2.45, 2.75) is 76.6 Å². The van der Waals surface area contributed by atoms with Crippen LogP contribution >= 0.6 is 0 Å². The molecular formula is C24H38GeN+. The first-order valence-corrected chi connectivity index (χ1v) is 17.6. The van der Waals surface area contributed by atoms with E-state index in [0.717, 1.165) is 0 Å². The summed E-state index contributed by atoms with van der Waals surface area (Å²) >= 11 is -1.98. The van der Waals surface area contributed by atoms with Gasteiger partial charge in [-0.2, -0.15) is 0 Å². The maximum absolute atomic E-state index is 2.54. The molecule has 1 heterocycles. The molecule has 1 aromatic heterocycles. The first kappa shape index (κ1) is 21.2. The van der Waals surface area contributed by atoms with Gasteiger partial charge >= 0.3 is 164 Å². The predicted molar refractivity (Wildman–Crippen MR) is 118 cm³/mol. The molecule has 0 N–H and O–H groups in total. The predicted octanol–water partition coefficient (Wildman–Crippen LogP) is 6.06. The zero-order valence-electron chi connectivity index (χ0n) is 18.4. The Morgan fingerprint density at radius 2 is 1.62 bits per heavy atom.